The first-order valence-electron chi connectivity index (χ1n) is 9.63. The van der Waals surface area contributed by atoms with E-state index in [-0.39, 0.29) is 11.6 Å². The maximum Gasteiger partial charge on any atom is 0.251 e. The highest BCUT2D eigenvalue weighted by Gasteiger charge is 2.43. The molecule has 0 amide bonds. The normalized spacial score (nSPS) is 25.8. The Kier molecular flexibility index (Phi) is 4.93. The number of aliphatic hydroxyl groups is 1. The fourth-order valence-electron chi connectivity index (χ4n) is 4.13. The fourth-order valence-corrected chi connectivity index (χ4v) is 4.13. The minimum Gasteiger partial charge on any atom is -0.388 e. The van der Waals surface area contributed by atoms with Gasteiger partial charge in [0.15, 0.2) is 0 Å². The number of morpholine rings is 1. The van der Waals surface area contributed by atoms with Gasteiger partial charge in [-0.2, -0.15) is 0 Å². The predicted octanol–water partition coefficient (Wildman–Crippen LogP) is 1.78. The van der Waals surface area contributed by atoms with Gasteiger partial charge < -0.3 is 24.6 Å². The average Bonchev–Trinajstić information content (AvgIpc) is 2.97. The first-order chi connectivity index (χ1) is 13.0. The topological polar surface area (TPSA) is 68.8 Å². The molecule has 2 fully saturated rings. The van der Waals surface area contributed by atoms with Gasteiger partial charge in [-0.1, -0.05) is 30.3 Å². The Balaban J connectivity index is 1.64. The summed E-state index contributed by atoms with van der Waals surface area (Å²) in [5.41, 5.74) is 1.18. The molecule has 0 spiro atoms. The Labute approximate surface area is 159 Å². The highest BCUT2D eigenvalue weighted by atomic mass is 16.5. The zero-order valence-electron chi connectivity index (χ0n) is 15.7. The monoisotopic (exact) mass is 369 g/mol. The number of nitrogens with zero attached hydrogens (tertiary/aromatic N) is 2. The van der Waals surface area contributed by atoms with Crippen LogP contribution in [0.25, 0.3) is 0 Å². The van der Waals surface area contributed by atoms with Crippen molar-refractivity contribution in [2.45, 2.75) is 31.4 Å². The van der Waals surface area contributed by atoms with Crippen LogP contribution in [0.15, 0.2) is 47.3 Å². The van der Waals surface area contributed by atoms with E-state index >= 15 is 0 Å². The fraction of sp³-hybridized carbons (Fsp3) is 0.476. The third-order valence-corrected chi connectivity index (χ3v) is 5.73. The number of ether oxygens (including phenoxy) is 1. The Hall–Kier alpha value is -2.31. The summed E-state index contributed by atoms with van der Waals surface area (Å²) in [4.78, 5) is 19.7. The van der Waals surface area contributed by atoms with E-state index in [1.165, 1.54) is 5.56 Å². The summed E-state index contributed by atoms with van der Waals surface area (Å²) in [6, 6.07) is 13.8. The lowest BCUT2D eigenvalue weighted by atomic mass is 9.91. The van der Waals surface area contributed by atoms with Crippen LogP contribution in [-0.4, -0.2) is 54.6 Å². The number of aromatic nitrogens is 1. The molecule has 0 bridgehead atoms. The van der Waals surface area contributed by atoms with Crippen LogP contribution in [0.1, 0.15) is 18.9 Å². The molecule has 3 heterocycles. The number of anilines is 2. The van der Waals surface area contributed by atoms with Crippen LogP contribution in [0.2, 0.25) is 0 Å². The third-order valence-electron chi connectivity index (χ3n) is 5.73. The Morgan fingerprint density at radius 3 is 2.67 bits per heavy atom. The minimum absolute atomic E-state index is 0.0875. The van der Waals surface area contributed by atoms with Gasteiger partial charge in [0, 0.05) is 37.5 Å². The second kappa shape index (κ2) is 7.37. The van der Waals surface area contributed by atoms with Gasteiger partial charge >= 0.3 is 0 Å². The van der Waals surface area contributed by atoms with Crippen LogP contribution >= 0.6 is 0 Å². The molecular formula is C21H27N3O3. The number of hydrogen-bond acceptors (Lipinski definition) is 5. The molecule has 2 N–H and O–H groups in total. The molecule has 2 aliphatic heterocycles. The second-order valence-corrected chi connectivity index (χ2v) is 7.69. The van der Waals surface area contributed by atoms with E-state index in [2.05, 4.69) is 26.9 Å². The summed E-state index contributed by atoms with van der Waals surface area (Å²) in [6.07, 6.45) is 1.41. The number of H-pyrrole nitrogens is 1. The van der Waals surface area contributed by atoms with Gasteiger partial charge in [0.2, 0.25) is 0 Å². The summed E-state index contributed by atoms with van der Waals surface area (Å²) in [5.74, 6) is 0.780. The van der Waals surface area contributed by atoms with E-state index < -0.39 is 5.60 Å². The number of nitrogens with one attached hydrogen (secondary N) is 1. The predicted molar refractivity (Wildman–Crippen MR) is 107 cm³/mol. The molecule has 1 aromatic heterocycles. The van der Waals surface area contributed by atoms with Crippen molar-refractivity contribution in [1.29, 1.82) is 0 Å². The van der Waals surface area contributed by atoms with Crippen LogP contribution in [0, 0.1) is 0 Å². The Morgan fingerprint density at radius 2 is 1.93 bits per heavy atom. The van der Waals surface area contributed by atoms with Crippen molar-refractivity contribution in [2.75, 3.05) is 42.6 Å². The lowest BCUT2D eigenvalue weighted by Crippen LogP contribution is -2.45. The zero-order chi connectivity index (χ0) is 18.9. The van der Waals surface area contributed by atoms with Crippen LogP contribution in [0.4, 0.5) is 11.5 Å². The van der Waals surface area contributed by atoms with Crippen molar-refractivity contribution in [3.05, 3.63) is 58.4 Å². The van der Waals surface area contributed by atoms with Crippen LogP contribution in [0.3, 0.4) is 0 Å². The van der Waals surface area contributed by atoms with E-state index in [0.29, 0.717) is 26.2 Å². The van der Waals surface area contributed by atoms with Gasteiger partial charge in [0.1, 0.15) is 5.82 Å². The molecule has 2 atom stereocenters. The Bertz CT molecular complexity index is 828. The van der Waals surface area contributed by atoms with Crippen molar-refractivity contribution >= 4 is 11.5 Å². The average molecular weight is 369 g/mol. The highest BCUT2D eigenvalue weighted by molar-refractivity contribution is 5.56. The molecule has 27 heavy (non-hydrogen) atoms. The lowest BCUT2D eigenvalue weighted by Gasteiger charge is -2.34. The molecule has 0 radical (unpaired) electrons. The molecule has 6 heteroatoms. The molecule has 0 unspecified atom stereocenters. The summed E-state index contributed by atoms with van der Waals surface area (Å²) in [7, 11) is 0. The molecule has 0 aliphatic carbocycles. The van der Waals surface area contributed by atoms with E-state index in [1.54, 1.807) is 6.07 Å². The van der Waals surface area contributed by atoms with Crippen molar-refractivity contribution in [1.82, 2.24) is 4.98 Å². The minimum atomic E-state index is -0.804. The second-order valence-electron chi connectivity index (χ2n) is 7.69. The van der Waals surface area contributed by atoms with Crippen LogP contribution in [0.5, 0.6) is 0 Å². The van der Waals surface area contributed by atoms with E-state index in [0.717, 1.165) is 31.0 Å². The lowest BCUT2D eigenvalue weighted by molar-refractivity contribution is 0.0512. The van der Waals surface area contributed by atoms with Crippen molar-refractivity contribution in [2.24, 2.45) is 0 Å². The van der Waals surface area contributed by atoms with Crippen LogP contribution < -0.4 is 15.4 Å². The van der Waals surface area contributed by atoms with Gasteiger partial charge in [-0.15, -0.1) is 0 Å². The summed E-state index contributed by atoms with van der Waals surface area (Å²) < 4.78 is 5.42. The molecule has 2 aliphatic rings. The zero-order valence-corrected chi connectivity index (χ0v) is 15.7. The summed E-state index contributed by atoms with van der Waals surface area (Å²) in [6.45, 7) is 5.54. The number of benzene rings is 1. The number of hydrogen-bond donors (Lipinski definition) is 2. The van der Waals surface area contributed by atoms with E-state index in [9.17, 15) is 9.90 Å². The van der Waals surface area contributed by atoms with Crippen LogP contribution in [-0.2, 0) is 11.2 Å². The molecule has 2 saturated heterocycles. The van der Waals surface area contributed by atoms with Crippen molar-refractivity contribution in [3.63, 3.8) is 0 Å². The van der Waals surface area contributed by atoms with Crippen molar-refractivity contribution in [3.8, 4) is 0 Å². The maximum atomic E-state index is 12.3. The molecular weight excluding hydrogens is 342 g/mol. The Morgan fingerprint density at radius 1 is 1.19 bits per heavy atom. The van der Waals surface area contributed by atoms with E-state index in [1.807, 2.05) is 31.2 Å². The number of aromatic amines is 1. The molecule has 2 aromatic rings. The van der Waals surface area contributed by atoms with Gasteiger partial charge in [-0.25, -0.2) is 0 Å². The molecule has 4 rings (SSSR count). The van der Waals surface area contributed by atoms with E-state index in [4.69, 9.17) is 4.74 Å². The molecule has 144 valence electrons. The number of rotatable bonds is 4. The third kappa shape index (κ3) is 3.87. The summed E-state index contributed by atoms with van der Waals surface area (Å²) in [5, 5.41) is 11.0. The molecule has 6 nitrogen and oxygen atoms in total. The van der Waals surface area contributed by atoms with Gasteiger partial charge in [0.25, 0.3) is 5.56 Å². The first-order valence-corrected chi connectivity index (χ1v) is 9.63. The molecule has 1 aromatic carbocycles. The van der Waals surface area contributed by atoms with Crippen molar-refractivity contribution < 1.29 is 9.84 Å². The van der Waals surface area contributed by atoms with Gasteiger partial charge in [0.05, 0.1) is 24.9 Å². The van der Waals surface area contributed by atoms with Gasteiger partial charge in [-0.05, 0) is 25.3 Å². The standard InChI is InChI=1S/C21H27N3O3/c1-21(26)7-8-24(18(21)13-16-5-3-2-4-6-16)19-14-17(15-20(25)22-19)23-9-11-27-12-10-23/h2-6,14-15,18,26H,7-13H2,1H3,(H,22,25)/t18-,21-/m1/s1. The maximum absolute atomic E-state index is 12.3. The summed E-state index contributed by atoms with van der Waals surface area (Å²) >= 11 is 0. The first kappa shape index (κ1) is 18.1. The quantitative estimate of drug-likeness (QED) is 0.860. The largest absolute Gasteiger partial charge is 0.388 e. The highest BCUT2D eigenvalue weighted by Crippen LogP contribution is 2.34. The molecule has 0 saturated carbocycles. The SMILES string of the molecule is C[C@@]1(O)CCN(c2cc(N3CCOCC3)cc(=O)[nH]2)[C@@H]1Cc1ccccc1. The number of pyridine rings is 1. The van der Waals surface area contributed by atoms with Gasteiger partial charge in [-0.3, -0.25) is 4.79 Å². The smallest absolute Gasteiger partial charge is 0.251 e.